The standard InChI is InChI=1S/C18H21N3O4/c1-9-8-12(16(22)15-11(3)19-21(4)18(15)23)10(2)14-13(20-24-5)6-7-25-17(9)14/h8,23H,6-7H2,1-5H3/b20-13+. The number of benzene rings is 1. The van der Waals surface area contributed by atoms with Gasteiger partial charge in [-0.05, 0) is 38.0 Å². The van der Waals surface area contributed by atoms with Crippen LogP contribution in [-0.4, -0.2) is 40.1 Å². The molecule has 0 atom stereocenters. The topological polar surface area (TPSA) is 85.9 Å². The number of oxime groups is 1. The van der Waals surface area contributed by atoms with E-state index in [2.05, 4.69) is 10.3 Å². The SMILES string of the molecule is CO/N=C1\CCOc2c(C)cc(C(=O)c3c(C)nn(C)c3O)c(C)c21. The summed E-state index contributed by atoms with van der Waals surface area (Å²) in [6, 6.07) is 1.79. The molecule has 0 spiro atoms. The van der Waals surface area contributed by atoms with Crippen LogP contribution in [0.2, 0.25) is 0 Å². The number of aromatic nitrogens is 2. The highest BCUT2D eigenvalue weighted by molar-refractivity contribution is 6.15. The number of aromatic hydroxyl groups is 1. The third-order valence-electron chi connectivity index (χ3n) is 4.46. The Kier molecular flexibility index (Phi) is 4.24. The van der Waals surface area contributed by atoms with Gasteiger partial charge in [0.25, 0.3) is 0 Å². The molecule has 0 amide bonds. The summed E-state index contributed by atoms with van der Waals surface area (Å²) in [6.45, 7) is 5.97. The van der Waals surface area contributed by atoms with Crippen LogP contribution in [0.15, 0.2) is 11.2 Å². The zero-order valence-electron chi connectivity index (χ0n) is 15.0. The fourth-order valence-corrected chi connectivity index (χ4v) is 3.28. The van der Waals surface area contributed by atoms with Gasteiger partial charge in [-0.15, -0.1) is 0 Å². The molecule has 0 saturated carbocycles. The molecule has 1 aromatic carbocycles. The third-order valence-corrected chi connectivity index (χ3v) is 4.46. The van der Waals surface area contributed by atoms with Crippen molar-refractivity contribution in [3.05, 3.63) is 39.6 Å². The first-order valence-electron chi connectivity index (χ1n) is 8.01. The first-order valence-corrected chi connectivity index (χ1v) is 8.01. The lowest BCUT2D eigenvalue weighted by atomic mass is 9.89. The minimum absolute atomic E-state index is 0.140. The van der Waals surface area contributed by atoms with Crippen molar-refractivity contribution in [2.24, 2.45) is 12.2 Å². The lowest BCUT2D eigenvalue weighted by molar-refractivity contribution is 0.103. The average molecular weight is 343 g/mol. The van der Waals surface area contributed by atoms with Crippen LogP contribution in [-0.2, 0) is 11.9 Å². The number of carbonyl (C=O) groups is 1. The maximum absolute atomic E-state index is 13.1. The van der Waals surface area contributed by atoms with Crippen LogP contribution in [0.25, 0.3) is 0 Å². The normalized spacial score (nSPS) is 15.0. The van der Waals surface area contributed by atoms with E-state index in [0.717, 1.165) is 28.2 Å². The molecule has 0 aliphatic carbocycles. The molecule has 0 radical (unpaired) electrons. The molecule has 1 N–H and O–H groups in total. The van der Waals surface area contributed by atoms with E-state index in [1.54, 1.807) is 20.0 Å². The number of hydrogen-bond acceptors (Lipinski definition) is 6. The predicted molar refractivity (Wildman–Crippen MR) is 92.6 cm³/mol. The van der Waals surface area contributed by atoms with E-state index >= 15 is 0 Å². The summed E-state index contributed by atoms with van der Waals surface area (Å²) in [7, 11) is 3.09. The van der Waals surface area contributed by atoms with Crippen molar-refractivity contribution in [3.63, 3.8) is 0 Å². The molecule has 1 aliphatic rings. The van der Waals surface area contributed by atoms with Crippen LogP contribution in [0.5, 0.6) is 11.6 Å². The van der Waals surface area contributed by atoms with Crippen molar-refractivity contribution in [3.8, 4) is 11.6 Å². The van der Waals surface area contributed by atoms with Crippen molar-refractivity contribution in [2.75, 3.05) is 13.7 Å². The van der Waals surface area contributed by atoms with Crippen LogP contribution in [0, 0.1) is 20.8 Å². The maximum atomic E-state index is 13.1. The Morgan fingerprint density at radius 3 is 2.72 bits per heavy atom. The fourth-order valence-electron chi connectivity index (χ4n) is 3.28. The predicted octanol–water partition coefficient (Wildman–Crippen LogP) is 2.41. The molecule has 2 aromatic rings. The number of fused-ring (bicyclic) bond motifs is 1. The Hall–Kier alpha value is -2.83. The van der Waals surface area contributed by atoms with Crippen molar-refractivity contribution in [1.82, 2.24) is 9.78 Å². The molecule has 0 saturated heterocycles. The summed E-state index contributed by atoms with van der Waals surface area (Å²) in [4.78, 5) is 18.1. The summed E-state index contributed by atoms with van der Waals surface area (Å²) < 4.78 is 7.09. The first kappa shape index (κ1) is 17.0. The smallest absolute Gasteiger partial charge is 0.220 e. The van der Waals surface area contributed by atoms with Crippen molar-refractivity contribution >= 4 is 11.5 Å². The second-order valence-electron chi connectivity index (χ2n) is 6.13. The largest absolute Gasteiger partial charge is 0.493 e. The zero-order chi connectivity index (χ0) is 18.3. The Morgan fingerprint density at radius 1 is 1.40 bits per heavy atom. The van der Waals surface area contributed by atoms with E-state index in [1.165, 1.54) is 11.8 Å². The Labute approximate surface area is 145 Å². The van der Waals surface area contributed by atoms with Crippen LogP contribution in [0.3, 0.4) is 0 Å². The van der Waals surface area contributed by atoms with Gasteiger partial charge in [0, 0.05) is 24.6 Å². The molecule has 0 bridgehead atoms. The van der Waals surface area contributed by atoms with Gasteiger partial charge in [0.1, 0.15) is 18.4 Å². The number of ether oxygens (including phenoxy) is 1. The monoisotopic (exact) mass is 343 g/mol. The Bertz CT molecular complexity index is 896. The molecule has 0 unspecified atom stereocenters. The molecular weight excluding hydrogens is 322 g/mol. The number of ketones is 1. The second-order valence-corrected chi connectivity index (χ2v) is 6.13. The van der Waals surface area contributed by atoms with Gasteiger partial charge in [-0.1, -0.05) is 5.16 Å². The lowest BCUT2D eigenvalue weighted by Crippen LogP contribution is -2.21. The summed E-state index contributed by atoms with van der Waals surface area (Å²) >= 11 is 0. The molecule has 7 nitrogen and oxygen atoms in total. The van der Waals surface area contributed by atoms with E-state index in [4.69, 9.17) is 9.57 Å². The van der Waals surface area contributed by atoms with Gasteiger partial charge in [0.2, 0.25) is 11.7 Å². The van der Waals surface area contributed by atoms with Gasteiger partial charge >= 0.3 is 0 Å². The molecule has 1 aromatic heterocycles. The molecule has 132 valence electrons. The molecule has 0 fully saturated rings. The number of hydrogen-bond donors (Lipinski definition) is 1. The highest BCUT2D eigenvalue weighted by Gasteiger charge is 2.29. The van der Waals surface area contributed by atoms with E-state index in [0.29, 0.717) is 24.3 Å². The van der Waals surface area contributed by atoms with E-state index in [-0.39, 0.29) is 17.2 Å². The molecule has 1 aliphatic heterocycles. The first-order chi connectivity index (χ1) is 11.9. The molecule has 2 heterocycles. The minimum Gasteiger partial charge on any atom is -0.493 e. The summed E-state index contributed by atoms with van der Waals surface area (Å²) in [5.74, 6) is 0.316. The number of rotatable bonds is 3. The Balaban J connectivity index is 2.22. The van der Waals surface area contributed by atoms with Gasteiger partial charge in [-0.2, -0.15) is 5.10 Å². The van der Waals surface area contributed by atoms with Crippen LogP contribution < -0.4 is 4.74 Å². The van der Waals surface area contributed by atoms with E-state index < -0.39 is 0 Å². The fraction of sp³-hybridized carbons (Fsp3) is 0.389. The van der Waals surface area contributed by atoms with Crippen LogP contribution in [0.4, 0.5) is 0 Å². The van der Waals surface area contributed by atoms with Crippen LogP contribution in [0.1, 0.15) is 44.7 Å². The summed E-state index contributed by atoms with van der Waals surface area (Å²) in [5, 5.41) is 18.4. The summed E-state index contributed by atoms with van der Waals surface area (Å²) in [5.41, 5.74) is 4.34. The van der Waals surface area contributed by atoms with Gasteiger partial charge in [0.05, 0.1) is 18.0 Å². The number of aryl methyl sites for hydroxylation is 3. The molecule has 7 heteroatoms. The van der Waals surface area contributed by atoms with Gasteiger partial charge < -0.3 is 14.7 Å². The summed E-state index contributed by atoms with van der Waals surface area (Å²) in [6.07, 6.45) is 0.607. The highest BCUT2D eigenvalue weighted by atomic mass is 16.6. The van der Waals surface area contributed by atoms with Crippen molar-refractivity contribution in [1.29, 1.82) is 0 Å². The highest BCUT2D eigenvalue weighted by Crippen LogP contribution is 2.36. The number of nitrogens with zero attached hydrogens (tertiary/aromatic N) is 3. The molecular formula is C18H21N3O4. The molecule has 25 heavy (non-hydrogen) atoms. The van der Waals surface area contributed by atoms with Gasteiger partial charge in [-0.25, -0.2) is 4.68 Å². The third kappa shape index (κ3) is 2.65. The number of carbonyl (C=O) groups excluding carboxylic acids is 1. The quantitative estimate of drug-likeness (QED) is 0.683. The Morgan fingerprint density at radius 2 is 2.12 bits per heavy atom. The van der Waals surface area contributed by atoms with Crippen molar-refractivity contribution < 1.29 is 19.5 Å². The second kappa shape index (κ2) is 6.23. The van der Waals surface area contributed by atoms with Crippen molar-refractivity contribution in [2.45, 2.75) is 27.2 Å². The van der Waals surface area contributed by atoms with E-state index in [1.807, 2.05) is 13.8 Å². The average Bonchev–Trinajstić information content (AvgIpc) is 2.83. The molecule has 3 rings (SSSR count). The van der Waals surface area contributed by atoms with Gasteiger partial charge in [0.15, 0.2) is 0 Å². The van der Waals surface area contributed by atoms with E-state index in [9.17, 15) is 9.90 Å². The lowest BCUT2D eigenvalue weighted by Gasteiger charge is -2.24. The van der Waals surface area contributed by atoms with Crippen LogP contribution >= 0.6 is 0 Å². The van der Waals surface area contributed by atoms with Gasteiger partial charge in [-0.3, -0.25) is 4.79 Å². The maximum Gasteiger partial charge on any atom is 0.220 e. The zero-order valence-corrected chi connectivity index (χ0v) is 15.0. The minimum atomic E-state index is -0.270.